The maximum atomic E-state index is 12.3. The number of halogens is 3. The highest BCUT2D eigenvalue weighted by molar-refractivity contribution is 5.72. The number of carboxylic acid groups (broad SMARTS) is 1. The molecular formula is C26H25F3O6. The molecule has 0 spiro atoms. The third-order valence-electron chi connectivity index (χ3n) is 5.01. The van der Waals surface area contributed by atoms with Crippen molar-refractivity contribution < 1.29 is 42.0 Å². The summed E-state index contributed by atoms with van der Waals surface area (Å²) in [5.41, 5.74) is 2.43. The first kappa shape index (κ1) is 25.9. The van der Waals surface area contributed by atoms with Crippen molar-refractivity contribution in [3.8, 4) is 28.4 Å². The lowest BCUT2D eigenvalue weighted by molar-refractivity contribution is -0.274. The van der Waals surface area contributed by atoms with Gasteiger partial charge in [0.25, 0.3) is 0 Å². The maximum Gasteiger partial charge on any atom is 0.573 e. The lowest BCUT2D eigenvalue weighted by atomic mass is 10.1. The predicted octanol–water partition coefficient (Wildman–Crippen LogP) is 5.74. The molecule has 0 aliphatic heterocycles. The molecule has 6 nitrogen and oxygen atoms in total. The van der Waals surface area contributed by atoms with Crippen LogP contribution in [0.15, 0.2) is 72.8 Å². The van der Waals surface area contributed by atoms with Crippen molar-refractivity contribution in [2.45, 2.75) is 25.3 Å². The van der Waals surface area contributed by atoms with E-state index in [1.54, 1.807) is 48.5 Å². The normalized spacial score (nSPS) is 12.1. The number of methoxy groups -OCH3 is 1. The van der Waals surface area contributed by atoms with Gasteiger partial charge in [-0.1, -0.05) is 36.4 Å². The first-order valence-corrected chi connectivity index (χ1v) is 10.8. The van der Waals surface area contributed by atoms with Gasteiger partial charge in [0.15, 0.2) is 6.10 Å². The molecule has 0 heterocycles. The van der Waals surface area contributed by atoms with E-state index in [1.165, 1.54) is 19.2 Å². The standard InChI is InChI=1S/C26H25F3O6/c1-32-24(25(30)31)17-18-3-9-21(10-4-18)33-15-2-16-34-22-11-5-19(6-12-22)20-7-13-23(14-8-20)35-26(27,28)29/h3-14,24H,2,15-17H2,1H3,(H,30,31)/t24-/m0/s1. The average Bonchev–Trinajstić information content (AvgIpc) is 2.83. The molecule has 9 heteroatoms. The van der Waals surface area contributed by atoms with Crippen molar-refractivity contribution in [2.75, 3.05) is 20.3 Å². The fourth-order valence-corrected chi connectivity index (χ4v) is 3.24. The van der Waals surface area contributed by atoms with Crippen LogP contribution in [0.5, 0.6) is 17.2 Å². The Labute approximate surface area is 200 Å². The molecule has 0 aliphatic carbocycles. The smallest absolute Gasteiger partial charge is 0.493 e. The predicted molar refractivity (Wildman–Crippen MR) is 123 cm³/mol. The van der Waals surface area contributed by atoms with E-state index in [9.17, 15) is 18.0 Å². The van der Waals surface area contributed by atoms with Crippen molar-refractivity contribution in [3.05, 3.63) is 78.4 Å². The van der Waals surface area contributed by atoms with Crippen LogP contribution in [-0.4, -0.2) is 43.9 Å². The third-order valence-corrected chi connectivity index (χ3v) is 5.01. The maximum absolute atomic E-state index is 12.3. The molecule has 0 fully saturated rings. The zero-order valence-corrected chi connectivity index (χ0v) is 19.0. The fraction of sp³-hybridized carbons (Fsp3) is 0.269. The Morgan fingerprint density at radius 2 is 1.26 bits per heavy atom. The van der Waals surface area contributed by atoms with Crippen LogP contribution in [0.1, 0.15) is 12.0 Å². The van der Waals surface area contributed by atoms with Gasteiger partial charge in [0.1, 0.15) is 17.2 Å². The van der Waals surface area contributed by atoms with Crippen molar-refractivity contribution in [3.63, 3.8) is 0 Å². The van der Waals surface area contributed by atoms with E-state index in [0.29, 0.717) is 31.1 Å². The Hall–Kier alpha value is -3.72. The van der Waals surface area contributed by atoms with Gasteiger partial charge in [0, 0.05) is 20.0 Å². The second kappa shape index (κ2) is 12.1. The third kappa shape index (κ3) is 8.53. The quantitative estimate of drug-likeness (QED) is 0.326. The SMILES string of the molecule is CO[C@@H](Cc1ccc(OCCCOc2ccc(-c3ccc(OC(F)(F)F)cc3)cc2)cc1)C(=O)O. The largest absolute Gasteiger partial charge is 0.573 e. The van der Waals surface area contributed by atoms with E-state index in [2.05, 4.69) is 4.74 Å². The van der Waals surface area contributed by atoms with Gasteiger partial charge in [-0.05, 0) is 53.1 Å². The molecule has 0 saturated heterocycles. The number of aliphatic carboxylic acids is 1. The molecule has 1 atom stereocenters. The number of rotatable bonds is 12. The van der Waals surface area contributed by atoms with Crippen molar-refractivity contribution in [1.82, 2.24) is 0 Å². The summed E-state index contributed by atoms with van der Waals surface area (Å²) in [6.45, 7) is 0.884. The first-order chi connectivity index (χ1) is 16.7. The molecule has 186 valence electrons. The van der Waals surface area contributed by atoms with E-state index >= 15 is 0 Å². The Balaban J connectivity index is 1.39. The van der Waals surface area contributed by atoms with Crippen molar-refractivity contribution in [1.29, 1.82) is 0 Å². The Morgan fingerprint density at radius 1 is 0.800 bits per heavy atom. The topological polar surface area (TPSA) is 74.2 Å². The molecule has 0 aromatic heterocycles. The van der Waals surface area contributed by atoms with E-state index < -0.39 is 18.4 Å². The van der Waals surface area contributed by atoms with E-state index in [-0.39, 0.29) is 12.2 Å². The summed E-state index contributed by atoms with van der Waals surface area (Å²) in [6.07, 6.45) is -4.68. The van der Waals surface area contributed by atoms with Gasteiger partial charge in [-0.2, -0.15) is 0 Å². The summed E-state index contributed by atoms with van der Waals surface area (Å²) in [5.74, 6) is 0.0728. The second-order valence-electron chi connectivity index (χ2n) is 7.56. The van der Waals surface area contributed by atoms with Gasteiger partial charge in [-0.3, -0.25) is 0 Å². The molecule has 3 aromatic rings. The van der Waals surface area contributed by atoms with Gasteiger partial charge in [0.05, 0.1) is 13.2 Å². The highest BCUT2D eigenvalue weighted by Crippen LogP contribution is 2.27. The molecule has 35 heavy (non-hydrogen) atoms. The van der Waals surface area contributed by atoms with Crippen LogP contribution >= 0.6 is 0 Å². The molecule has 0 aliphatic rings. The van der Waals surface area contributed by atoms with Crippen LogP contribution in [0, 0.1) is 0 Å². The summed E-state index contributed by atoms with van der Waals surface area (Å²) in [4.78, 5) is 11.0. The lowest BCUT2D eigenvalue weighted by Crippen LogP contribution is -2.24. The lowest BCUT2D eigenvalue weighted by Gasteiger charge is -2.12. The van der Waals surface area contributed by atoms with E-state index in [1.807, 2.05) is 12.1 Å². The second-order valence-corrected chi connectivity index (χ2v) is 7.56. The monoisotopic (exact) mass is 490 g/mol. The fourth-order valence-electron chi connectivity index (χ4n) is 3.24. The highest BCUT2D eigenvalue weighted by atomic mass is 19.4. The van der Waals surface area contributed by atoms with E-state index in [0.717, 1.165) is 16.7 Å². The average molecular weight is 490 g/mol. The molecule has 0 saturated carbocycles. The van der Waals surface area contributed by atoms with Crippen LogP contribution in [0.3, 0.4) is 0 Å². The molecule has 0 amide bonds. The number of carbonyl (C=O) groups is 1. The van der Waals surface area contributed by atoms with E-state index in [4.69, 9.17) is 19.3 Å². The summed E-state index contributed by atoms with van der Waals surface area (Å²) >= 11 is 0. The molecule has 0 bridgehead atoms. The molecule has 3 rings (SSSR count). The van der Waals surface area contributed by atoms with Gasteiger partial charge < -0.3 is 24.1 Å². The number of benzene rings is 3. The minimum atomic E-state index is -4.71. The number of alkyl halides is 3. The molecule has 1 N–H and O–H groups in total. The van der Waals surface area contributed by atoms with Gasteiger partial charge >= 0.3 is 12.3 Å². The summed E-state index contributed by atoms with van der Waals surface area (Å²) in [7, 11) is 1.37. The summed E-state index contributed by atoms with van der Waals surface area (Å²) < 4.78 is 57.0. The summed E-state index contributed by atoms with van der Waals surface area (Å²) in [6, 6.07) is 20.1. The molecule has 0 radical (unpaired) electrons. The molecule has 0 unspecified atom stereocenters. The van der Waals surface area contributed by atoms with Crippen molar-refractivity contribution in [2.24, 2.45) is 0 Å². The molecular weight excluding hydrogens is 465 g/mol. The Morgan fingerprint density at radius 3 is 1.69 bits per heavy atom. The van der Waals surface area contributed by atoms with Crippen LogP contribution in [0.25, 0.3) is 11.1 Å². The molecule has 3 aromatic carbocycles. The van der Waals surface area contributed by atoms with Gasteiger partial charge in [0.2, 0.25) is 0 Å². The number of hydrogen-bond donors (Lipinski definition) is 1. The first-order valence-electron chi connectivity index (χ1n) is 10.8. The van der Waals surface area contributed by atoms with Crippen LogP contribution in [0.2, 0.25) is 0 Å². The van der Waals surface area contributed by atoms with Gasteiger partial charge in [-0.25, -0.2) is 4.79 Å². The van der Waals surface area contributed by atoms with Crippen LogP contribution in [-0.2, 0) is 16.0 Å². The minimum absolute atomic E-state index is 0.266. The Kier molecular flexibility index (Phi) is 8.97. The number of carboxylic acids is 1. The van der Waals surface area contributed by atoms with Crippen molar-refractivity contribution >= 4 is 5.97 Å². The number of hydrogen-bond acceptors (Lipinski definition) is 5. The number of ether oxygens (including phenoxy) is 4. The van der Waals surface area contributed by atoms with Gasteiger partial charge in [-0.15, -0.1) is 13.2 Å². The Bertz CT molecular complexity index is 1060. The van der Waals surface area contributed by atoms with Crippen LogP contribution in [0.4, 0.5) is 13.2 Å². The zero-order valence-electron chi connectivity index (χ0n) is 19.0. The summed E-state index contributed by atoms with van der Waals surface area (Å²) in [5, 5.41) is 9.05. The minimum Gasteiger partial charge on any atom is -0.493 e. The highest BCUT2D eigenvalue weighted by Gasteiger charge is 2.30. The van der Waals surface area contributed by atoms with Crippen LogP contribution < -0.4 is 14.2 Å². The zero-order chi connectivity index (χ0) is 25.3.